The van der Waals surface area contributed by atoms with E-state index < -0.39 is 0 Å². The monoisotopic (exact) mass is 237 g/mol. The van der Waals surface area contributed by atoms with Crippen molar-refractivity contribution < 1.29 is 0 Å². The van der Waals surface area contributed by atoms with E-state index >= 15 is 0 Å². The molecular formula is C12H23N5. The molecule has 1 rings (SSSR count). The first-order valence-electron chi connectivity index (χ1n) is 5.90. The fourth-order valence-electron chi connectivity index (χ4n) is 1.59. The van der Waals surface area contributed by atoms with Crippen molar-refractivity contribution in [2.45, 2.75) is 26.8 Å². The molecule has 0 aliphatic carbocycles. The van der Waals surface area contributed by atoms with Crippen molar-refractivity contribution in [3.8, 4) is 0 Å². The van der Waals surface area contributed by atoms with Crippen molar-refractivity contribution in [2.75, 3.05) is 31.7 Å². The van der Waals surface area contributed by atoms with Gasteiger partial charge in [0.2, 0.25) is 5.95 Å². The molecule has 96 valence electrons. The fourth-order valence-corrected chi connectivity index (χ4v) is 1.59. The minimum atomic E-state index is 0.311. The summed E-state index contributed by atoms with van der Waals surface area (Å²) in [5.74, 6) is 1.66. The fraction of sp³-hybridized carbons (Fsp3) is 0.667. The third-order valence-corrected chi connectivity index (χ3v) is 2.68. The van der Waals surface area contributed by atoms with Crippen LogP contribution in [-0.2, 0) is 0 Å². The molecule has 0 saturated carbocycles. The lowest BCUT2D eigenvalue weighted by Crippen LogP contribution is -2.37. The zero-order chi connectivity index (χ0) is 13.0. The molecule has 5 nitrogen and oxygen atoms in total. The number of rotatable bonds is 5. The van der Waals surface area contributed by atoms with Crippen molar-refractivity contribution in [2.24, 2.45) is 5.92 Å². The van der Waals surface area contributed by atoms with E-state index in [2.05, 4.69) is 48.1 Å². The molecule has 3 N–H and O–H groups in total. The maximum atomic E-state index is 5.61. The van der Waals surface area contributed by atoms with Gasteiger partial charge in [0.05, 0.1) is 0 Å². The lowest BCUT2D eigenvalue weighted by Gasteiger charge is -2.26. The van der Waals surface area contributed by atoms with Crippen LogP contribution >= 0.6 is 0 Å². The first kappa shape index (κ1) is 13.7. The van der Waals surface area contributed by atoms with E-state index in [1.807, 2.05) is 6.92 Å². The summed E-state index contributed by atoms with van der Waals surface area (Å²) in [7, 11) is 4.14. The van der Waals surface area contributed by atoms with E-state index in [0.29, 0.717) is 17.9 Å². The largest absolute Gasteiger partial charge is 0.368 e. The molecule has 0 saturated heterocycles. The van der Waals surface area contributed by atoms with Gasteiger partial charge in [-0.25, -0.2) is 4.98 Å². The number of hydrogen-bond donors (Lipinski definition) is 2. The normalized spacial score (nSPS) is 13.1. The molecule has 0 spiro atoms. The third-order valence-electron chi connectivity index (χ3n) is 2.68. The highest BCUT2D eigenvalue weighted by molar-refractivity contribution is 5.46. The second-order valence-electron chi connectivity index (χ2n) is 5.02. The molecule has 5 heteroatoms. The number of hydrogen-bond acceptors (Lipinski definition) is 5. The Kier molecular flexibility index (Phi) is 4.69. The van der Waals surface area contributed by atoms with Crippen molar-refractivity contribution in [1.82, 2.24) is 14.9 Å². The molecule has 1 aromatic heterocycles. The van der Waals surface area contributed by atoms with Crippen LogP contribution in [0.15, 0.2) is 6.20 Å². The molecule has 0 aliphatic heterocycles. The van der Waals surface area contributed by atoms with Gasteiger partial charge in [-0.15, -0.1) is 0 Å². The first-order valence-corrected chi connectivity index (χ1v) is 5.90. The Balaban J connectivity index is 2.81. The Morgan fingerprint density at radius 2 is 2.06 bits per heavy atom. The molecule has 1 unspecified atom stereocenters. The van der Waals surface area contributed by atoms with E-state index in [-0.39, 0.29) is 0 Å². The van der Waals surface area contributed by atoms with Gasteiger partial charge in [0.15, 0.2) is 0 Å². The van der Waals surface area contributed by atoms with Crippen molar-refractivity contribution in [1.29, 1.82) is 0 Å². The molecule has 1 aromatic rings. The average Bonchev–Trinajstić information content (AvgIpc) is 2.21. The van der Waals surface area contributed by atoms with E-state index in [9.17, 15) is 0 Å². The van der Waals surface area contributed by atoms with Crippen LogP contribution in [0.2, 0.25) is 0 Å². The Hall–Kier alpha value is -1.36. The SMILES string of the molecule is Cc1cnc(N)nc1NC(CN(C)C)C(C)C. The van der Waals surface area contributed by atoms with Gasteiger partial charge >= 0.3 is 0 Å². The number of anilines is 2. The quantitative estimate of drug-likeness (QED) is 0.809. The molecule has 0 radical (unpaired) electrons. The zero-order valence-electron chi connectivity index (χ0n) is 11.4. The van der Waals surface area contributed by atoms with Crippen LogP contribution < -0.4 is 11.1 Å². The number of nitrogens with one attached hydrogen (secondary N) is 1. The van der Waals surface area contributed by atoms with Gasteiger partial charge in [-0.1, -0.05) is 13.8 Å². The van der Waals surface area contributed by atoms with Crippen LogP contribution in [0.4, 0.5) is 11.8 Å². The summed E-state index contributed by atoms with van der Waals surface area (Å²) >= 11 is 0. The van der Waals surface area contributed by atoms with E-state index in [1.54, 1.807) is 6.20 Å². The molecule has 0 amide bonds. The number of nitrogens with two attached hydrogens (primary N) is 1. The van der Waals surface area contributed by atoms with Crippen molar-refractivity contribution in [3.05, 3.63) is 11.8 Å². The maximum Gasteiger partial charge on any atom is 0.221 e. The lowest BCUT2D eigenvalue weighted by molar-refractivity contribution is 0.344. The topological polar surface area (TPSA) is 67.1 Å². The van der Waals surface area contributed by atoms with Gasteiger partial charge in [0, 0.05) is 24.3 Å². The number of nitrogen functional groups attached to an aromatic ring is 1. The third kappa shape index (κ3) is 4.19. The summed E-state index contributed by atoms with van der Waals surface area (Å²) < 4.78 is 0. The Labute approximate surface area is 103 Å². The summed E-state index contributed by atoms with van der Waals surface area (Å²) in [6.07, 6.45) is 1.75. The molecule has 0 aliphatic rings. The Morgan fingerprint density at radius 1 is 1.41 bits per heavy atom. The van der Waals surface area contributed by atoms with Crippen molar-refractivity contribution >= 4 is 11.8 Å². The summed E-state index contributed by atoms with van der Waals surface area (Å²) in [5, 5.41) is 3.45. The lowest BCUT2D eigenvalue weighted by atomic mass is 10.0. The predicted octanol–water partition coefficient (Wildman–Crippen LogP) is 1.37. The smallest absolute Gasteiger partial charge is 0.221 e. The number of likely N-dealkylation sites (N-methyl/N-ethyl adjacent to an activating group) is 1. The van der Waals surface area contributed by atoms with Gasteiger partial charge in [-0.3, -0.25) is 0 Å². The predicted molar refractivity (Wildman–Crippen MR) is 72.0 cm³/mol. The van der Waals surface area contributed by atoms with Crippen LogP contribution in [0.25, 0.3) is 0 Å². The van der Waals surface area contributed by atoms with Gasteiger partial charge in [-0.2, -0.15) is 4.98 Å². The standard InChI is InChI=1S/C12H23N5/c1-8(2)10(7-17(4)5)15-11-9(3)6-14-12(13)16-11/h6,8,10H,7H2,1-5H3,(H3,13,14,15,16). The molecule has 0 aromatic carbocycles. The first-order chi connectivity index (χ1) is 7.90. The van der Waals surface area contributed by atoms with Gasteiger partial charge in [-0.05, 0) is 26.9 Å². The highest BCUT2D eigenvalue weighted by atomic mass is 15.1. The van der Waals surface area contributed by atoms with Crippen LogP contribution in [-0.4, -0.2) is 41.5 Å². The molecule has 1 atom stereocenters. The van der Waals surface area contributed by atoms with Crippen LogP contribution in [0.3, 0.4) is 0 Å². The molecule has 0 fully saturated rings. The van der Waals surface area contributed by atoms with E-state index in [4.69, 9.17) is 5.73 Å². The summed E-state index contributed by atoms with van der Waals surface area (Å²) in [6.45, 7) is 7.33. The molecule has 17 heavy (non-hydrogen) atoms. The van der Waals surface area contributed by atoms with E-state index in [0.717, 1.165) is 17.9 Å². The second-order valence-corrected chi connectivity index (χ2v) is 5.02. The second kappa shape index (κ2) is 5.82. The van der Waals surface area contributed by atoms with Gasteiger partial charge < -0.3 is 16.0 Å². The summed E-state index contributed by atoms with van der Waals surface area (Å²) in [6, 6.07) is 0.345. The highest BCUT2D eigenvalue weighted by Crippen LogP contribution is 2.15. The summed E-state index contributed by atoms with van der Waals surface area (Å²) in [5.41, 5.74) is 6.63. The Morgan fingerprint density at radius 3 is 2.59 bits per heavy atom. The number of nitrogens with zero attached hydrogens (tertiary/aromatic N) is 3. The zero-order valence-corrected chi connectivity index (χ0v) is 11.4. The molecular weight excluding hydrogens is 214 g/mol. The number of aromatic nitrogens is 2. The van der Waals surface area contributed by atoms with E-state index in [1.165, 1.54) is 0 Å². The van der Waals surface area contributed by atoms with Gasteiger partial charge in [0.25, 0.3) is 0 Å². The van der Waals surface area contributed by atoms with Gasteiger partial charge in [0.1, 0.15) is 5.82 Å². The summed E-state index contributed by atoms with van der Waals surface area (Å²) in [4.78, 5) is 10.4. The average molecular weight is 237 g/mol. The minimum Gasteiger partial charge on any atom is -0.368 e. The Bertz CT molecular complexity index is 362. The maximum absolute atomic E-state index is 5.61. The van der Waals surface area contributed by atoms with Crippen LogP contribution in [0.5, 0.6) is 0 Å². The van der Waals surface area contributed by atoms with Crippen LogP contribution in [0, 0.1) is 12.8 Å². The molecule has 1 heterocycles. The minimum absolute atomic E-state index is 0.311. The highest BCUT2D eigenvalue weighted by Gasteiger charge is 2.15. The van der Waals surface area contributed by atoms with Crippen molar-refractivity contribution in [3.63, 3.8) is 0 Å². The van der Waals surface area contributed by atoms with Crippen LogP contribution in [0.1, 0.15) is 19.4 Å². The molecule has 0 bridgehead atoms. The number of aryl methyl sites for hydroxylation is 1.